The van der Waals surface area contributed by atoms with Gasteiger partial charge in [-0.15, -0.1) is 11.3 Å². The quantitative estimate of drug-likeness (QED) is 0.309. The van der Waals surface area contributed by atoms with Gasteiger partial charge in [0.25, 0.3) is 0 Å². The number of nitrogens with one attached hydrogen (secondary N) is 2. The number of rotatable bonds is 7. The molecule has 0 radical (unpaired) electrons. The second-order valence-electron chi connectivity index (χ2n) is 8.40. The Morgan fingerprint density at radius 3 is 2.84 bits per heavy atom. The molecular formula is C25H24N8O3S. The van der Waals surface area contributed by atoms with Crippen molar-refractivity contribution in [2.45, 2.75) is 13.5 Å². The van der Waals surface area contributed by atoms with E-state index in [9.17, 15) is 4.79 Å². The van der Waals surface area contributed by atoms with Gasteiger partial charge in [-0.3, -0.25) is 5.10 Å². The third-order valence-corrected chi connectivity index (χ3v) is 7.14. The monoisotopic (exact) mass is 516 g/mol. The number of hydrogen-bond acceptors (Lipinski definition) is 11. The highest BCUT2D eigenvalue weighted by atomic mass is 32.1. The lowest BCUT2D eigenvalue weighted by molar-refractivity contribution is 0.0525. The standard InChI is InChI=1S/C25H24N8O3S/c1-2-36-24(34)15-11-26-25(27-12-15)28-13-16-10-20-21(37-16)23(33-6-8-35-9-7-33)31-22(30-20)17-4-3-5-19-18(17)14-29-32-19/h3-5,10-12,14H,2,6-9,13H2,1H3,(H,29,32)(H,26,27,28). The molecule has 11 nitrogen and oxygen atoms in total. The molecule has 5 heterocycles. The highest BCUT2D eigenvalue weighted by molar-refractivity contribution is 7.19. The van der Waals surface area contributed by atoms with E-state index in [-0.39, 0.29) is 0 Å². The minimum absolute atomic E-state index is 0.305. The molecule has 1 aliphatic heterocycles. The number of benzene rings is 1. The molecule has 12 heteroatoms. The van der Waals surface area contributed by atoms with Gasteiger partial charge in [0.15, 0.2) is 11.6 Å². The van der Waals surface area contributed by atoms with Crippen LogP contribution in [0.4, 0.5) is 11.8 Å². The molecule has 1 fully saturated rings. The van der Waals surface area contributed by atoms with Crippen LogP contribution in [0.1, 0.15) is 22.2 Å². The van der Waals surface area contributed by atoms with Crippen molar-refractivity contribution in [2.75, 3.05) is 43.1 Å². The van der Waals surface area contributed by atoms with Crippen LogP contribution in [0, 0.1) is 0 Å². The molecule has 5 aromatic rings. The Morgan fingerprint density at radius 1 is 1.19 bits per heavy atom. The fourth-order valence-electron chi connectivity index (χ4n) is 4.23. The molecule has 0 spiro atoms. The first-order valence-electron chi connectivity index (χ1n) is 12.0. The Balaban J connectivity index is 1.32. The maximum absolute atomic E-state index is 11.8. The normalized spacial score (nSPS) is 13.8. The lowest BCUT2D eigenvalue weighted by Gasteiger charge is -2.28. The molecular weight excluding hydrogens is 492 g/mol. The number of ether oxygens (including phenoxy) is 2. The number of hydrogen-bond donors (Lipinski definition) is 2. The number of esters is 1. The molecule has 0 unspecified atom stereocenters. The van der Waals surface area contributed by atoms with Crippen LogP contribution in [-0.4, -0.2) is 69.0 Å². The summed E-state index contributed by atoms with van der Waals surface area (Å²) in [6, 6.07) is 8.07. The largest absolute Gasteiger partial charge is 0.462 e. The van der Waals surface area contributed by atoms with Crippen LogP contribution in [0.15, 0.2) is 42.9 Å². The highest BCUT2D eigenvalue weighted by Gasteiger charge is 2.21. The van der Waals surface area contributed by atoms with Gasteiger partial charge in [0.05, 0.1) is 53.9 Å². The Kier molecular flexibility index (Phi) is 6.33. The summed E-state index contributed by atoms with van der Waals surface area (Å²) >= 11 is 1.64. The molecule has 1 saturated heterocycles. The minimum Gasteiger partial charge on any atom is -0.462 e. The molecule has 0 bridgehead atoms. The van der Waals surface area contributed by atoms with Crippen molar-refractivity contribution >= 4 is 50.2 Å². The minimum atomic E-state index is -0.435. The SMILES string of the molecule is CCOC(=O)c1cnc(NCc2cc3nc(-c4cccc5[nH]ncc45)nc(N4CCOCC4)c3s2)nc1. The van der Waals surface area contributed by atoms with Crippen molar-refractivity contribution in [3.63, 3.8) is 0 Å². The van der Waals surface area contributed by atoms with Crippen LogP contribution in [0.2, 0.25) is 0 Å². The topological polar surface area (TPSA) is 131 Å². The zero-order chi connectivity index (χ0) is 25.2. The van der Waals surface area contributed by atoms with Gasteiger partial charge in [0.2, 0.25) is 5.95 Å². The van der Waals surface area contributed by atoms with Crippen molar-refractivity contribution in [3.8, 4) is 11.4 Å². The Morgan fingerprint density at radius 2 is 2.03 bits per heavy atom. The average Bonchev–Trinajstić information content (AvgIpc) is 3.59. The smallest absolute Gasteiger partial charge is 0.341 e. The number of aromatic amines is 1. The van der Waals surface area contributed by atoms with E-state index >= 15 is 0 Å². The number of anilines is 2. The van der Waals surface area contributed by atoms with Gasteiger partial charge < -0.3 is 19.7 Å². The maximum atomic E-state index is 11.8. The van der Waals surface area contributed by atoms with E-state index in [1.54, 1.807) is 18.3 Å². The second kappa shape index (κ2) is 10.1. The van der Waals surface area contributed by atoms with Gasteiger partial charge in [-0.05, 0) is 19.1 Å². The molecule has 188 valence electrons. The molecule has 1 aliphatic rings. The van der Waals surface area contributed by atoms with E-state index in [2.05, 4.69) is 36.4 Å². The predicted molar refractivity (Wildman–Crippen MR) is 141 cm³/mol. The Bertz CT molecular complexity index is 1560. The zero-order valence-electron chi connectivity index (χ0n) is 20.1. The first-order valence-corrected chi connectivity index (χ1v) is 12.8. The first-order chi connectivity index (χ1) is 18.2. The van der Waals surface area contributed by atoms with Gasteiger partial charge in [0.1, 0.15) is 0 Å². The van der Waals surface area contributed by atoms with E-state index in [4.69, 9.17) is 19.4 Å². The number of H-pyrrole nitrogens is 1. The summed E-state index contributed by atoms with van der Waals surface area (Å²) in [4.78, 5) is 33.6. The molecule has 1 aromatic carbocycles. The van der Waals surface area contributed by atoms with Crippen molar-refractivity contribution in [3.05, 3.63) is 53.3 Å². The summed E-state index contributed by atoms with van der Waals surface area (Å²) < 4.78 is 11.6. The fraction of sp³-hybridized carbons (Fsp3) is 0.280. The van der Waals surface area contributed by atoms with Crippen molar-refractivity contribution in [1.82, 2.24) is 30.1 Å². The molecule has 0 atom stereocenters. The average molecular weight is 517 g/mol. The third kappa shape index (κ3) is 4.68. The van der Waals surface area contributed by atoms with Crippen molar-refractivity contribution < 1.29 is 14.3 Å². The number of fused-ring (bicyclic) bond motifs is 2. The lowest BCUT2D eigenvalue weighted by Crippen LogP contribution is -2.36. The highest BCUT2D eigenvalue weighted by Crippen LogP contribution is 2.36. The van der Waals surface area contributed by atoms with E-state index in [0.717, 1.165) is 50.5 Å². The lowest BCUT2D eigenvalue weighted by atomic mass is 10.1. The number of morpholine rings is 1. The number of nitrogens with zero attached hydrogens (tertiary/aromatic N) is 6. The number of thiophene rings is 1. The summed E-state index contributed by atoms with van der Waals surface area (Å²) in [5.41, 5.74) is 3.08. The van der Waals surface area contributed by atoms with Gasteiger partial charge in [0, 0.05) is 41.3 Å². The van der Waals surface area contributed by atoms with Gasteiger partial charge >= 0.3 is 5.97 Å². The van der Waals surface area contributed by atoms with E-state index in [0.29, 0.717) is 43.7 Å². The van der Waals surface area contributed by atoms with Gasteiger partial charge in [-0.2, -0.15) is 5.10 Å². The summed E-state index contributed by atoms with van der Waals surface area (Å²) in [6.07, 6.45) is 4.73. The molecule has 2 N–H and O–H groups in total. The molecule has 37 heavy (non-hydrogen) atoms. The Hall–Kier alpha value is -4.16. The molecule has 0 aliphatic carbocycles. The number of carbonyl (C=O) groups excluding carboxylic acids is 1. The molecule has 6 rings (SSSR count). The van der Waals surface area contributed by atoms with Gasteiger partial charge in [-0.25, -0.2) is 24.7 Å². The number of carbonyl (C=O) groups is 1. The van der Waals surface area contributed by atoms with Crippen molar-refractivity contribution in [1.29, 1.82) is 0 Å². The molecule has 4 aromatic heterocycles. The maximum Gasteiger partial charge on any atom is 0.341 e. The molecule has 0 saturated carbocycles. The predicted octanol–water partition coefficient (Wildman–Crippen LogP) is 3.65. The van der Waals surface area contributed by atoms with Crippen LogP contribution < -0.4 is 10.2 Å². The number of aromatic nitrogens is 6. The van der Waals surface area contributed by atoms with Crippen LogP contribution in [0.3, 0.4) is 0 Å². The van der Waals surface area contributed by atoms with E-state index in [1.165, 1.54) is 12.4 Å². The molecule has 0 amide bonds. The summed E-state index contributed by atoms with van der Waals surface area (Å²) in [7, 11) is 0. The first kappa shape index (κ1) is 23.3. The fourth-order valence-corrected chi connectivity index (χ4v) is 5.28. The van der Waals surface area contributed by atoms with Gasteiger partial charge in [-0.1, -0.05) is 12.1 Å². The third-order valence-electron chi connectivity index (χ3n) is 6.02. The Labute approximate surface area is 215 Å². The summed E-state index contributed by atoms with van der Waals surface area (Å²) in [5.74, 6) is 1.57. The van der Waals surface area contributed by atoms with Crippen LogP contribution in [-0.2, 0) is 16.0 Å². The second-order valence-corrected chi connectivity index (χ2v) is 9.54. The van der Waals surface area contributed by atoms with Crippen molar-refractivity contribution in [2.24, 2.45) is 0 Å². The van der Waals surface area contributed by atoms with Crippen LogP contribution >= 0.6 is 11.3 Å². The summed E-state index contributed by atoms with van der Waals surface area (Å²) in [6.45, 7) is 5.44. The van der Waals surface area contributed by atoms with E-state index < -0.39 is 5.97 Å². The van der Waals surface area contributed by atoms with E-state index in [1.807, 2.05) is 24.4 Å². The zero-order valence-corrected chi connectivity index (χ0v) is 20.9. The van der Waals surface area contributed by atoms with Crippen LogP contribution in [0.5, 0.6) is 0 Å². The van der Waals surface area contributed by atoms with Crippen LogP contribution in [0.25, 0.3) is 32.5 Å². The summed E-state index contributed by atoms with van der Waals surface area (Å²) in [5, 5.41) is 11.4.